The van der Waals surface area contributed by atoms with Crippen molar-refractivity contribution in [3.8, 4) is 0 Å². The van der Waals surface area contributed by atoms with Gasteiger partial charge in [-0.1, -0.05) is 44.2 Å². The minimum Gasteiger partial charge on any atom is -0.464 e. The molecule has 0 bridgehead atoms. The lowest BCUT2D eigenvalue weighted by atomic mass is 10.1. The summed E-state index contributed by atoms with van der Waals surface area (Å²) in [5, 5.41) is 3.29. The van der Waals surface area contributed by atoms with Gasteiger partial charge < -0.3 is 9.64 Å². The Labute approximate surface area is 140 Å². The monoisotopic (exact) mass is 328 g/mol. The summed E-state index contributed by atoms with van der Waals surface area (Å²) >= 11 is 0. The minimum absolute atomic E-state index is 0. The van der Waals surface area contributed by atoms with Gasteiger partial charge in [-0.05, 0) is 32.0 Å². The fourth-order valence-corrected chi connectivity index (χ4v) is 1.89. The van der Waals surface area contributed by atoms with E-state index >= 15 is 0 Å². The van der Waals surface area contributed by atoms with Crippen LogP contribution in [-0.4, -0.2) is 44.7 Å². The Bertz CT molecular complexity index is 410. The molecule has 0 fully saturated rings. The molecule has 0 aliphatic rings. The summed E-state index contributed by atoms with van der Waals surface area (Å²) in [5.74, 6) is 0.343. The van der Waals surface area contributed by atoms with Crippen LogP contribution in [0.2, 0.25) is 0 Å². The van der Waals surface area contributed by atoms with Gasteiger partial charge in [0.15, 0.2) is 0 Å². The van der Waals surface area contributed by atoms with Gasteiger partial charge in [0.2, 0.25) is 0 Å². The molecule has 5 heteroatoms. The van der Waals surface area contributed by atoms with Gasteiger partial charge >= 0.3 is 5.97 Å². The van der Waals surface area contributed by atoms with Crippen LogP contribution in [0.5, 0.6) is 0 Å². The van der Waals surface area contributed by atoms with Gasteiger partial charge in [0.1, 0.15) is 6.04 Å². The molecule has 4 nitrogen and oxygen atoms in total. The first-order chi connectivity index (χ1) is 10.0. The molecule has 1 N–H and O–H groups in total. The third kappa shape index (κ3) is 8.37. The molecule has 0 radical (unpaired) electrons. The second-order valence-electron chi connectivity index (χ2n) is 5.95. The molecule has 0 aromatic heterocycles. The molecular weight excluding hydrogens is 300 g/mol. The van der Waals surface area contributed by atoms with Crippen LogP contribution in [0.1, 0.15) is 31.9 Å². The fourth-order valence-electron chi connectivity index (χ4n) is 1.89. The summed E-state index contributed by atoms with van der Waals surface area (Å²) in [6, 6.07) is 9.35. The van der Waals surface area contributed by atoms with E-state index in [1.807, 2.05) is 44.4 Å². The number of benzene rings is 1. The average molecular weight is 329 g/mol. The Morgan fingerprint density at radius 1 is 1.23 bits per heavy atom. The number of nitrogens with one attached hydrogen (secondary N) is 1. The van der Waals surface area contributed by atoms with Gasteiger partial charge in [0.25, 0.3) is 0 Å². The van der Waals surface area contributed by atoms with E-state index in [1.54, 1.807) is 0 Å². The highest BCUT2D eigenvalue weighted by Crippen LogP contribution is 2.14. The topological polar surface area (TPSA) is 41.6 Å². The number of nitrogens with zero attached hydrogens (tertiary/aromatic N) is 1. The molecule has 0 aliphatic heterocycles. The molecule has 0 spiro atoms. The number of halogens is 1. The Hall–Kier alpha value is -1.10. The summed E-state index contributed by atoms with van der Waals surface area (Å²) in [4.78, 5) is 14.4. The quantitative estimate of drug-likeness (QED) is 0.708. The summed E-state index contributed by atoms with van der Waals surface area (Å²) in [6.07, 6.45) is 0.894. The van der Waals surface area contributed by atoms with Crippen molar-refractivity contribution in [1.29, 1.82) is 0 Å². The normalized spacial score (nSPS) is 12.1. The summed E-state index contributed by atoms with van der Waals surface area (Å²) < 4.78 is 5.41. The number of carbonyl (C=O) groups excluding carboxylic acids is 1. The van der Waals surface area contributed by atoms with Gasteiger partial charge in [0.05, 0.1) is 6.61 Å². The van der Waals surface area contributed by atoms with E-state index in [1.165, 1.54) is 0 Å². The summed E-state index contributed by atoms with van der Waals surface area (Å²) in [7, 11) is 4.03. The highest BCUT2D eigenvalue weighted by molar-refractivity contribution is 5.85. The first kappa shape index (κ1) is 20.9. The van der Waals surface area contributed by atoms with Crippen molar-refractivity contribution in [2.75, 3.05) is 33.8 Å². The average Bonchev–Trinajstić information content (AvgIpc) is 2.43. The Kier molecular flexibility index (Phi) is 10.9. The van der Waals surface area contributed by atoms with Crippen LogP contribution in [0.25, 0.3) is 0 Å². The maximum atomic E-state index is 12.3. The molecule has 0 amide bonds. The molecule has 0 aliphatic carbocycles. The number of ether oxygens (including phenoxy) is 1. The first-order valence-electron chi connectivity index (χ1n) is 7.60. The van der Waals surface area contributed by atoms with E-state index in [9.17, 15) is 4.79 Å². The largest absolute Gasteiger partial charge is 0.464 e. The number of rotatable bonds is 9. The standard InChI is InChI=1S/C17H28N2O2.ClH/c1-14(2)10-13-21-17(20)16(18-11-12-19(3)4)15-8-6-5-7-9-15;/h5-9,14,16,18H,10-13H2,1-4H3;1H/t16-;/m0./s1. The van der Waals surface area contributed by atoms with E-state index < -0.39 is 6.04 Å². The number of hydrogen-bond donors (Lipinski definition) is 1. The van der Waals surface area contributed by atoms with Gasteiger partial charge in [-0.25, -0.2) is 4.79 Å². The Morgan fingerprint density at radius 2 is 1.86 bits per heavy atom. The molecule has 1 aromatic carbocycles. The lowest BCUT2D eigenvalue weighted by Gasteiger charge is -2.19. The fraction of sp³-hybridized carbons (Fsp3) is 0.588. The molecule has 0 heterocycles. The molecule has 0 unspecified atom stereocenters. The van der Waals surface area contributed by atoms with E-state index in [2.05, 4.69) is 24.1 Å². The van der Waals surface area contributed by atoms with Gasteiger partial charge in [-0.15, -0.1) is 12.4 Å². The predicted octanol–water partition coefficient (Wildman–Crippen LogP) is 2.89. The highest BCUT2D eigenvalue weighted by atomic mass is 35.5. The summed E-state index contributed by atoms with van der Waals surface area (Å²) in [5.41, 5.74) is 0.950. The zero-order chi connectivity index (χ0) is 15.7. The van der Waals surface area contributed by atoms with Crippen molar-refractivity contribution < 1.29 is 9.53 Å². The van der Waals surface area contributed by atoms with E-state index in [4.69, 9.17) is 4.74 Å². The van der Waals surface area contributed by atoms with Crippen LogP contribution >= 0.6 is 12.4 Å². The zero-order valence-corrected chi connectivity index (χ0v) is 14.9. The number of carbonyl (C=O) groups is 1. The van der Waals surface area contributed by atoms with Gasteiger partial charge in [0, 0.05) is 13.1 Å². The van der Waals surface area contributed by atoms with Crippen LogP contribution < -0.4 is 5.32 Å². The first-order valence-corrected chi connectivity index (χ1v) is 7.60. The van der Waals surface area contributed by atoms with Crippen LogP contribution in [0, 0.1) is 5.92 Å². The molecule has 0 saturated heterocycles. The minimum atomic E-state index is -0.390. The predicted molar refractivity (Wildman–Crippen MR) is 93.4 cm³/mol. The molecule has 22 heavy (non-hydrogen) atoms. The van der Waals surface area contributed by atoms with E-state index in [0.717, 1.165) is 25.1 Å². The van der Waals surface area contributed by atoms with Gasteiger partial charge in [-0.2, -0.15) is 0 Å². The molecule has 0 saturated carbocycles. The van der Waals surface area contributed by atoms with Crippen molar-refractivity contribution in [1.82, 2.24) is 10.2 Å². The number of hydrogen-bond acceptors (Lipinski definition) is 4. The maximum Gasteiger partial charge on any atom is 0.327 e. The van der Waals surface area contributed by atoms with Crippen molar-refractivity contribution in [2.45, 2.75) is 26.3 Å². The van der Waals surface area contributed by atoms with Crippen LogP contribution in [0.4, 0.5) is 0 Å². The highest BCUT2D eigenvalue weighted by Gasteiger charge is 2.21. The number of esters is 1. The lowest BCUT2D eigenvalue weighted by Crippen LogP contribution is -2.35. The maximum absolute atomic E-state index is 12.3. The van der Waals surface area contributed by atoms with E-state index in [0.29, 0.717) is 12.5 Å². The second kappa shape index (κ2) is 11.5. The molecule has 1 atom stereocenters. The number of likely N-dealkylation sites (N-methyl/N-ethyl adjacent to an activating group) is 1. The van der Waals surface area contributed by atoms with Crippen LogP contribution in [0.3, 0.4) is 0 Å². The third-order valence-corrected chi connectivity index (χ3v) is 3.22. The van der Waals surface area contributed by atoms with Crippen molar-refractivity contribution >= 4 is 18.4 Å². The Morgan fingerprint density at radius 3 is 2.41 bits per heavy atom. The zero-order valence-electron chi connectivity index (χ0n) is 14.0. The molecule has 1 rings (SSSR count). The third-order valence-electron chi connectivity index (χ3n) is 3.22. The second-order valence-corrected chi connectivity index (χ2v) is 5.95. The lowest BCUT2D eigenvalue weighted by molar-refractivity contribution is -0.146. The molecular formula is C17H29ClN2O2. The molecule has 126 valence electrons. The molecule has 1 aromatic rings. The van der Waals surface area contributed by atoms with E-state index in [-0.39, 0.29) is 18.4 Å². The smallest absolute Gasteiger partial charge is 0.327 e. The Balaban J connectivity index is 0.00000441. The van der Waals surface area contributed by atoms with Crippen molar-refractivity contribution in [2.24, 2.45) is 5.92 Å². The van der Waals surface area contributed by atoms with Crippen LogP contribution in [0.15, 0.2) is 30.3 Å². The summed E-state index contributed by atoms with van der Waals surface area (Å²) in [6.45, 7) is 6.35. The van der Waals surface area contributed by atoms with Crippen molar-refractivity contribution in [3.63, 3.8) is 0 Å². The SMILES string of the molecule is CC(C)CCOC(=O)[C@@H](NCCN(C)C)c1ccccc1.Cl. The van der Waals surface area contributed by atoms with Gasteiger partial charge in [-0.3, -0.25) is 5.32 Å². The van der Waals surface area contributed by atoms with Crippen molar-refractivity contribution in [3.05, 3.63) is 35.9 Å². The van der Waals surface area contributed by atoms with Crippen LogP contribution in [-0.2, 0) is 9.53 Å².